The summed E-state index contributed by atoms with van der Waals surface area (Å²) in [5.41, 5.74) is 0.750. The highest BCUT2D eigenvalue weighted by molar-refractivity contribution is 7.99. The average molecular weight is 349 g/mol. The molecule has 0 radical (unpaired) electrons. The number of fused-ring (bicyclic) bond motifs is 1. The predicted molar refractivity (Wildman–Crippen MR) is 89.1 cm³/mol. The number of amides is 1. The molecule has 0 spiro atoms. The van der Waals surface area contributed by atoms with Crippen LogP contribution in [-0.2, 0) is 4.79 Å². The molecule has 1 aliphatic rings. The van der Waals surface area contributed by atoms with Gasteiger partial charge in [-0.05, 0) is 31.5 Å². The van der Waals surface area contributed by atoms with Gasteiger partial charge in [-0.2, -0.15) is 0 Å². The third-order valence-electron chi connectivity index (χ3n) is 3.48. The van der Waals surface area contributed by atoms with E-state index >= 15 is 0 Å². The minimum Gasteiger partial charge on any atom is -0.454 e. The number of benzene rings is 1. The average Bonchev–Trinajstić information content (AvgIpc) is 3.21. The molecular formula is C16H19N3O4S. The lowest BCUT2D eigenvalue weighted by Gasteiger charge is -2.11. The van der Waals surface area contributed by atoms with Gasteiger partial charge in [-0.3, -0.25) is 4.79 Å². The zero-order valence-electron chi connectivity index (χ0n) is 13.6. The minimum absolute atomic E-state index is 0.0382. The van der Waals surface area contributed by atoms with Gasteiger partial charge in [0.15, 0.2) is 11.5 Å². The highest BCUT2D eigenvalue weighted by Crippen LogP contribution is 2.35. The number of hydrogen-bond acceptors (Lipinski definition) is 7. The van der Waals surface area contributed by atoms with Crippen molar-refractivity contribution in [1.29, 1.82) is 0 Å². The number of hydrogen-bond donors (Lipinski definition) is 1. The monoisotopic (exact) mass is 349 g/mol. The molecule has 8 heteroatoms. The number of aromatic nitrogens is 2. The van der Waals surface area contributed by atoms with Crippen molar-refractivity contribution in [1.82, 2.24) is 15.5 Å². The number of nitrogens with zero attached hydrogens (tertiary/aromatic N) is 2. The first-order valence-corrected chi connectivity index (χ1v) is 8.80. The van der Waals surface area contributed by atoms with Gasteiger partial charge in [-0.15, -0.1) is 10.2 Å². The van der Waals surface area contributed by atoms with Gasteiger partial charge >= 0.3 is 0 Å². The lowest BCUT2D eigenvalue weighted by molar-refractivity contribution is -0.119. The molecule has 1 aromatic carbocycles. The summed E-state index contributed by atoms with van der Waals surface area (Å²) in [6, 6.07) is 5.60. The summed E-state index contributed by atoms with van der Waals surface area (Å²) in [5, 5.41) is 11.3. The van der Waals surface area contributed by atoms with E-state index in [1.807, 2.05) is 13.0 Å². The Hall–Kier alpha value is -2.22. The van der Waals surface area contributed by atoms with Crippen molar-refractivity contribution < 1.29 is 18.7 Å². The van der Waals surface area contributed by atoms with Crippen LogP contribution in [0.1, 0.15) is 26.7 Å². The molecule has 0 saturated heterocycles. The molecule has 128 valence electrons. The highest BCUT2D eigenvalue weighted by atomic mass is 32.2. The number of carbonyl (C=O) groups is 1. The standard InChI is InChI=1S/C16H19N3O4S/c1-3-4-10(2)17-14(20)8-24-16-19-18-15(23-16)11-5-6-12-13(7-11)22-9-21-12/h5-7,10H,3-4,8-9H2,1-2H3,(H,17,20)/t10-/m0/s1. The first-order chi connectivity index (χ1) is 11.7. The fraction of sp³-hybridized carbons (Fsp3) is 0.438. The Morgan fingerprint density at radius 2 is 2.17 bits per heavy atom. The second-order valence-electron chi connectivity index (χ2n) is 5.49. The third-order valence-corrected chi connectivity index (χ3v) is 4.30. The van der Waals surface area contributed by atoms with Crippen LogP contribution in [0.4, 0.5) is 0 Å². The molecule has 3 rings (SSSR count). The number of nitrogens with one attached hydrogen (secondary N) is 1. The fourth-order valence-corrected chi connectivity index (χ4v) is 2.94. The summed E-state index contributed by atoms with van der Waals surface area (Å²) in [5.74, 6) is 1.95. The maximum absolute atomic E-state index is 11.9. The smallest absolute Gasteiger partial charge is 0.277 e. The Balaban J connectivity index is 1.57. The van der Waals surface area contributed by atoms with Crippen LogP contribution in [-0.4, -0.2) is 34.7 Å². The van der Waals surface area contributed by atoms with Gasteiger partial charge in [0.05, 0.1) is 5.75 Å². The molecule has 0 unspecified atom stereocenters. The first kappa shape index (κ1) is 16.6. The molecule has 1 aromatic heterocycles. The number of thioether (sulfide) groups is 1. The maximum atomic E-state index is 11.9. The van der Waals surface area contributed by atoms with E-state index in [1.54, 1.807) is 12.1 Å². The molecule has 1 amide bonds. The van der Waals surface area contributed by atoms with Gasteiger partial charge in [-0.25, -0.2) is 0 Å². The van der Waals surface area contributed by atoms with Gasteiger partial charge in [0.1, 0.15) is 0 Å². The van der Waals surface area contributed by atoms with Crippen LogP contribution in [0.5, 0.6) is 11.5 Å². The summed E-state index contributed by atoms with van der Waals surface area (Å²) in [7, 11) is 0. The fourth-order valence-electron chi connectivity index (χ4n) is 2.36. The zero-order valence-corrected chi connectivity index (χ0v) is 14.4. The second-order valence-corrected chi connectivity index (χ2v) is 6.41. The Kier molecular flexibility index (Phi) is 5.24. The lowest BCUT2D eigenvalue weighted by Crippen LogP contribution is -2.33. The van der Waals surface area contributed by atoms with E-state index in [1.165, 1.54) is 11.8 Å². The van der Waals surface area contributed by atoms with Gasteiger partial charge in [0.2, 0.25) is 18.6 Å². The van der Waals surface area contributed by atoms with Crippen molar-refractivity contribution in [2.75, 3.05) is 12.5 Å². The molecule has 24 heavy (non-hydrogen) atoms. The number of carbonyl (C=O) groups excluding carboxylic acids is 1. The third kappa shape index (κ3) is 4.00. The van der Waals surface area contributed by atoms with Crippen molar-refractivity contribution in [3.05, 3.63) is 18.2 Å². The SMILES string of the molecule is CCC[C@H](C)NC(=O)CSc1nnc(-c2ccc3c(c2)OCO3)o1. The number of rotatable bonds is 7. The molecule has 1 aliphatic heterocycles. The van der Waals surface area contributed by atoms with Gasteiger partial charge < -0.3 is 19.2 Å². The first-order valence-electron chi connectivity index (χ1n) is 7.81. The summed E-state index contributed by atoms with van der Waals surface area (Å²) in [6.45, 7) is 4.30. The van der Waals surface area contributed by atoms with Crippen molar-refractivity contribution in [3.63, 3.8) is 0 Å². The maximum Gasteiger partial charge on any atom is 0.277 e. The van der Waals surface area contributed by atoms with Gasteiger partial charge in [-0.1, -0.05) is 25.1 Å². The van der Waals surface area contributed by atoms with Crippen LogP contribution in [0.2, 0.25) is 0 Å². The van der Waals surface area contributed by atoms with Crippen LogP contribution in [0.15, 0.2) is 27.8 Å². The van der Waals surface area contributed by atoms with Crippen molar-refractivity contribution in [3.8, 4) is 23.0 Å². The Morgan fingerprint density at radius 3 is 3.00 bits per heavy atom. The largest absolute Gasteiger partial charge is 0.454 e. The molecule has 0 aliphatic carbocycles. The Bertz CT molecular complexity index is 719. The van der Waals surface area contributed by atoms with Crippen LogP contribution >= 0.6 is 11.8 Å². The molecule has 1 atom stereocenters. The van der Waals surface area contributed by atoms with E-state index in [0.29, 0.717) is 22.6 Å². The molecule has 0 saturated carbocycles. The summed E-state index contributed by atoms with van der Waals surface area (Å²) in [4.78, 5) is 11.9. The molecule has 0 fully saturated rings. The van der Waals surface area contributed by atoms with Crippen LogP contribution < -0.4 is 14.8 Å². The van der Waals surface area contributed by atoms with E-state index in [2.05, 4.69) is 22.4 Å². The van der Waals surface area contributed by atoms with E-state index < -0.39 is 0 Å². The van der Waals surface area contributed by atoms with Crippen molar-refractivity contribution in [2.45, 2.75) is 38.0 Å². The summed E-state index contributed by atoms with van der Waals surface area (Å²) in [6.07, 6.45) is 2.00. The lowest BCUT2D eigenvalue weighted by atomic mass is 10.2. The summed E-state index contributed by atoms with van der Waals surface area (Å²) >= 11 is 1.22. The molecule has 0 bridgehead atoms. The van der Waals surface area contributed by atoms with Crippen molar-refractivity contribution in [2.24, 2.45) is 0 Å². The van der Waals surface area contributed by atoms with E-state index in [0.717, 1.165) is 18.4 Å². The zero-order chi connectivity index (χ0) is 16.9. The molecule has 7 nitrogen and oxygen atoms in total. The van der Waals surface area contributed by atoms with E-state index in [9.17, 15) is 4.79 Å². The Morgan fingerprint density at radius 1 is 1.33 bits per heavy atom. The molecule has 1 N–H and O–H groups in total. The van der Waals surface area contributed by atoms with Gasteiger partial charge in [0, 0.05) is 11.6 Å². The Labute approximate surface area is 144 Å². The van der Waals surface area contributed by atoms with Crippen LogP contribution in [0.25, 0.3) is 11.5 Å². The second kappa shape index (κ2) is 7.57. The van der Waals surface area contributed by atoms with Crippen molar-refractivity contribution >= 4 is 17.7 Å². The number of ether oxygens (including phenoxy) is 2. The van der Waals surface area contributed by atoms with E-state index in [4.69, 9.17) is 13.9 Å². The highest BCUT2D eigenvalue weighted by Gasteiger charge is 2.17. The van der Waals surface area contributed by atoms with Crippen LogP contribution in [0, 0.1) is 0 Å². The summed E-state index contributed by atoms with van der Waals surface area (Å²) < 4.78 is 16.2. The predicted octanol–water partition coefficient (Wildman–Crippen LogP) is 2.86. The van der Waals surface area contributed by atoms with Gasteiger partial charge in [0.25, 0.3) is 5.22 Å². The quantitative estimate of drug-likeness (QED) is 0.769. The van der Waals surface area contributed by atoms with E-state index in [-0.39, 0.29) is 24.5 Å². The normalized spacial score (nSPS) is 13.8. The molecule has 2 aromatic rings. The molecule has 2 heterocycles. The molecular weight excluding hydrogens is 330 g/mol. The minimum atomic E-state index is -0.0382. The van der Waals surface area contributed by atoms with Crippen LogP contribution in [0.3, 0.4) is 0 Å². The topological polar surface area (TPSA) is 86.5 Å².